The van der Waals surface area contributed by atoms with E-state index in [1.807, 2.05) is 13.8 Å². The van der Waals surface area contributed by atoms with Gasteiger partial charge in [-0.05, 0) is 37.5 Å². The molecule has 0 aromatic rings. The van der Waals surface area contributed by atoms with E-state index in [4.69, 9.17) is 0 Å². The largest absolute Gasteiger partial charge is 0.289 e. The van der Waals surface area contributed by atoms with Crippen LogP contribution in [0, 0.1) is 11.8 Å². The lowest BCUT2D eigenvalue weighted by atomic mass is 9.85. The van der Waals surface area contributed by atoms with Gasteiger partial charge in [0.2, 0.25) is 0 Å². The molecule has 4 amide bonds. The van der Waals surface area contributed by atoms with Crippen molar-refractivity contribution < 1.29 is 19.2 Å². The number of hydrogen-bond acceptors (Lipinski definition) is 4. The number of nitrogens with one attached hydrogen (secondary N) is 2. The SMILES string of the molecule is CCCC1CC2=C(CC(CC)CC3=C1C(=O)NC3=O)C(=O)NC2=O. The lowest BCUT2D eigenvalue weighted by molar-refractivity contribution is -0.126. The van der Waals surface area contributed by atoms with Crippen LogP contribution in [-0.2, 0) is 19.2 Å². The van der Waals surface area contributed by atoms with Gasteiger partial charge in [-0.2, -0.15) is 0 Å². The first-order valence-corrected chi connectivity index (χ1v) is 8.62. The summed E-state index contributed by atoms with van der Waals surface area (Å²) in [5, 5.41) is 4.80. The molecule has 2 unspecified atom stereocenters. The van der Waals surface area contributed by atoms with Crippen molar-refractivity contribution in [2.45, 2.75) is 52.4 Å². The zero-order valence-electron chi connectivity index (χ0n) is 14.0. The van der Waals surface area contributed by atoms with Gasteiger partial charge in [0, 0.05) is 22.3 Å². The fourth-order valence-corrected chi connectivity index (χ4v) is 3.98. The maximum atomic E-state index is 12.3. The van der Waals surface area contributed by atoms with Gasteiger partial charge in [-0.3, -0.25) is 29.8 Å². The summed E-state index contributed by atoms with van der Waals surface area (Å²) in [7, 11) is 0. The molecule has 2 atom stereocenters. The van der Waals surface area contributed by atoms with Gasteiger partial charge < -0.3 is 0 Å². The quantitative estimate of drug-likeness (QED) is 0.767. The van der Waals surface area contributed by atoms with Crippen LogP contribution in [0.3, 0.4) is 0 Å². The summed E-state index contributed by atoms with van der Waals surface area (Å²) in [5.41, 5.74) is 2.13. The predicted octanol–water partition coefficient (Wildman–Crippen LogP) is 1.52. The van der Waals surface area contributed by atoms with E-state index < -0.39 is 0 Å². The highest BCUT2D eigenvalue weighted by atomic mass is 16.2. The Bertz CT molecular complexity index is 702. The van der Waals surface area contributed by atoms with E-state index in [1.54, 1.807) is 0 Å². The maximum absolute atomic E-state index is 12.3. The van der Waals surface area contributed by atoms with Crippen molar-refractivity contribution in [3.05, 3.63) is 22.3 Å². The van der Waals surface area contributed by atoms with Crippen LogP contribution in [0.4, 0.5) is 0 Å². The van der Waals surface area contributed by atoms with Gasteiger partial charge in [0.05, 0.1) is 0 Å². The molecule has 0 fully saturated rings. The Hall–Kier alpha value is -2.24. The van der Waals surface area contributed by atoms with Gasteiger partial charge in [-0.1, -0.05) is 26.7 Å². The van der Waals surface area contributed by atoms with E-state index in [-0.39, 0.29) is 35.5 Å². The molecule has 0 radical (unpaired) electrons. The smallest absolute Gasteiger partial charge is 0.254 e. The van der Waals surface area contributed by atoms with E-state index >= 15 is 0 Å². The molecule has 3 rings (SSSR count). The minimum absolute atomic E-state index is 0.0636. The van der Waals surface area contributed by atoms with Gasteiger partial charge in [0.15, 0.2) is 0 Å². The summed E-state index contributed by atoms with van der Waals surface area (Å²) in [4.78, 5) is 48.9. The first kappa shape index (κ1) is 16.6. The van der Waals surface area contributed by atoms with E-state index in [0.29, 0.717) is 48.0 Å². The molecule has 0 aromatic carbocycles. The zero-order chi connectivity index (χ0) is 17.4. The van der Waals surface area contributed by atoms with E-state index in [9.17, 15) is 19.2 Å². The summed E-state index contributed by atoms with van der Waals surface area (Å²) < 4.78 is 0. The van der Waals surface area contributed by atoms with Crippen LogP contribution in [0.25, 0.3) is 0 Å². The molecule has 2 heterocycles. The number of carbonyl (C=O) groups is 4. The van der Waals surface area contributed by atoms with Crippen LogP contribution >= 0.6 is 0 Å². The number of imide groups is 2. The van der Waals surface area contributed by atoms with Crippen molar-refractivity contribution in [2.24, 2.45) is 11.8 Å². The molecular weight excluding hydrogens is 308 g/mol. The second kappa shape index (κ2) is 6.34. The lowest BCUT2D eigenvalue weighted by Crippen LogP contribution is -2.26. The molecule has 6 nitrogen and oxygen atoms in total. The summed E-state index contributed by atoms with van der Waals surface area (Å²) in [6, 6.07) is 0. The number of amides is 4. The molecule has 2 N–H and O–H groups in total. The summed E-state index contributed by atoms with van der Waals surface area (Å²) in [6.45, 7) is 4.00. The van der Waals surface area contributed by atoms with E-state index in [2.05, 4.69) is 10.6 Å². The zero-order valence-corrected chi connectivity index (χ0v) is 14.0. The minimum atomic E-state index is -0.347. The van der Waals surface area contributed by atoms with Crippen molar-refractivity contribution in [1.82, 2.24) is 10.6 Å². The predicted molar refractivity (Wildman–Crippen MR) is 86.4 cm³/mol. The molecule has 128 valence electrons. The van der Waals surface area contributed by atoms with Crippen LogP contribution < -0.4 is 10.6 Å². The number of hydrogen-bond donors (Lipinski definition) is 2. The summed E-state index contributed by atoms with van der Waals surface area (Å²) in [5.74, 6) is -1.45. The second-order valence-electron chi connectivity index (χ2n) is 6.79. The molecule has 0 saturated carbocycles. The van der Waals surface area contributed by atoms with Crippen LogP contribution in [0.15, 0.2) is 22.3 Å². The Morgan fingerprint density at radius 3 is 1.96 bits per heavy atom. The molecule has 0 saturated heterocycles. The Labute approximate surface area is 140 Å². The van der Waals surface area contributed by atoms with Crippen LogP contribution in [0.5, 0.6) is 0 Å². The molecule has 0 spiro atoms. The highest BCUT2D eigenvalue weighted by Crippen LogP contribution is 2.39. The average molecular weight is 330 g/mol. The van der Waals surface area contributed by atoms with Crippen molar-refractivity contribution >= 4 is 23.6 Å². The first-order chi connectivity index (χ1) is 11.5. The van der Waals surface area contributed by atoms with Crippen molar-refractivity contribution in [2.75, 3.05) is 0 Å². The van der Waals surface area contributed by atoms with Crippen molar-refractivity contribution in [3.8, 4) is 0 Å². The monoisotopic (exact) mass is 330 g/mol. The standard InChI is InChI=1S/C18H22N2O4/c1-3-5-10-8-12-11(15(21)19-16(12)22)6-9(4-2)7-13-14(10)18(24)20-17(13)23/h9-10H,3-8H2,1-2H3,(H,19,21,22)(H,20,23,24). The van der Waals surface area contributed by atoms with E-state index in [1.165, 1.54) is 0 Å². The van der Waals surface area contributed by atoms with Gasteiger partial charge in [-0.25, -0.2) is 0 Å². The van der Waals surface area contributed by atoms with E-state index in [0.717, 1.165) is 12.8 Å². The Balaban J connectivity index is 2.10. The molecule has 1 aliphatic carbocycles. The molecule has 0 aromatic heterocycles. The molecular formula is C18H22N2O4. The van der Waals surface area contributed by atoms with Crippen molar-refractivity contribution in [3.63, 3.8) is 0 Å². The lowest BCUT2D eigenvalue weighted by Gasteiger charge is -2.17. The normalized spacial score (nSPS) is 27.4. The summed E-state index contributed by atoms with van der Waals surface area (Å²) in [6.07, 6.45) is 3.60. The van der Waals surface area contributed by atoms with Gasteiger partial charge >= 0.3 is 0 Å². The topological polar surface area (TPSA) is 92.3 Å². The maximum Gasteiger partial charge on any atom is 0.254 e. The molecule has 3 aliphatic rings. The molecule has 24 heavy (non-hydrogen) atoms. The second-order valence-corrected chi connectivity index (χ2v) is 6.79. The van der Waals surface area contributed by atoms with Gasteiger partial charge in [0.1, 0.15) is 0 Å². The molecule has 6 heteroatoms. The Kier molecular flexibility index (Phi) is 4.39. The third kappa shape index (κ3) is 2.70. The third-order valence-corrected chi connectivity index (χ3v) is 5.27. The first-order valence-electron chi connectivity index (χ1n) is 8.62. The minimum Gasteiger partial charge on any atom is -0.289 e. The Morgan fingerprint density at radius 2 is 1.33 bits per heavy atom. The van der Waals surface area contributed by atoms with Crippen molar-refractivity contribution in [1.29, 1.82) is 0 Å². The third-order valence-electron chi connectivity index (χ3n) is 5.27. The average Bonchev–Trinajstić information content (AvgIpc) is 2.97. The number of rotatable bonds is 3. The highest BCUT2D eigenvalue weighted by molar-refractivity contribution is 6.21. The fourth-order valence-electron chi connectivity index (χ4n) is 3.98. The van der Waals surface area contributed by atoms with Gasteiger partial charge in [0.25, 0.3) is 23.6 Å². The summed E-state index contributed by atoms with van der Waals surface area (Å²) >= 11 is 0. The Morgan fingerprint density at radius 1 is 0.792 bits per heavy atom. The van der Waals surface area contributed by atoms with Crippen LogP contribution in [0.1, 0.15) is 52.4 Å². The van der Waals surface area contributed by atoms with Crippen LogP contribution in [-0.4, -0.2) is 23.6 Å². The van der Waals surface area contributed by atoms with Gasteiger partial charge in [-0.15, -0.1) is 0 Å². The molecule has 2 aliphatic heterocycles. The fraction of sp³-hybridized carbons (Fsp3) is 0.556. The number of carbonyl (C=O) groups excluding carboxylic acids is 4. The molecule has 0 bridgehead atoms. The van der Waals surface area contributed by atoms with Crippen LogP contribution in [0.2, 0.25) is 0 Å². The highest BCUT2D eigenvalue weighted by Gasteiger charge is 2.40.